The van der Waals surface area contributed by atoms with Gasteiger partial charge in [0.15, 0.2) is 0 Å². The third kappa shape index (κ3) is 6.61. The third-order valence-corrected chi connectivity index (χ3v) is 24.0. The highest BCUT2D eigenvalue weighted by Gasteiger charge is 2.64. The van der Waals surface area contributed by atoms with E-state index >= 15 is 0 Å². The van der Waals surface area contributed by atoms with Crippen LogP contribution in [-0.4, -0.2) is 10.3 Å². The SMILES string of the molecule is Cc1ccccc1P(Cc1ccccc1C(PC12CC3CC(C1)CC(C(C)(C)C)(C3)C2)PC12CC3CC(C1)CC(C(C)(C)C)(C3)C2)c1ccccc1C. The minimum Gasteiger partial charge on any atom is -0.104 e. The van der Waals surface area contributed by atoms with Crippen LogP contribution in [0.15, 0.2) is 72.8 Å². The normalized spacial score (nSPS) is 36.8. The van der Waals surface area contributed by atoms with Crippen LogP contribution in [0.2, 0.25) is 0 Å². The van der Waals surface area contributed by atoms with E-state index in [-0.39, 0.29) is 0 Å². The lowest BCUT2D eigenvalue weighted by atomic mass is 9.43. The van der Waals surface area contributed by atoms with E-state index in [1.807, 2.05) is 0 Å². The van der Waals surface area contributed by atoms with E-state index in [1.54, 1.807) is 21.7 Å². The molecule has 0 nitrogen and oxygen atoms in total. The predicted molar refractivity (Wildman–Crippen MR) is 237 cm³/mol. The summed E-state index contributed by atoms with van der Waals surface area (Å²) in [6.07, 6.45) is 19.5. The quantitative estimate of drug-likeness (QED) is 0.191. The molecule has 53 heavy (non-hydrogen) atoms. The Morgan fingerprint density at radius 2 is 0.962 bits per heavy atom. The van der Waals surface area contributed by atoms with Crippen LogP contribution in [0.5, 0.6) is 0 Å². The summed E-state index contributed by atoms with van der Waals surface area (Å²) in [5.41, 5.74) is 8.30. The fraction of sp³-hybridized carbons (Fsp3) is 0.640. The van der Waals surface area contributed by atoms with E-state index < -0.39 is 7.92 Å². The molecule has 0 aliphatic heterocycles. The molecule has 3 aromatic carbocycles. The molecule has 0 radical (unpaired) electrons. The Morgan fingerprint density at radius 1 is 0.566 bits per heavy atom. The van der Waals surface area contributed by atoms with Crippen molar-refractivity contribution >= 4 is 35.7 Å². The fourth-order valence-electron chi connectivity index (χ4n) is 14.6. The van der Waals surface area contributed by atoms with Crippen molar-refractivity contribution in [1.29, 1.82) is 0 Å². The van der Waals surface area contributed by atoms with Crippen molar-refractivity contribution in [2.45, 2.75) is 154 Å². The number of hydrogen-bond acceptors (Lipinski definition) is 0. The molecule has 6 unspecified atom stereocenters. The predicted octanol–water partition coefficient (Wildman–Crippen LogP) is 14.1. The maximum atomic E-state index is 2.67. The van der Waals surface area contributed by atoms with Crippen molar-refractivity contribution in [2.24, 2.45) is 45.3 Å². The van der Waals surface area contributed by atoms with Crippen LogP contribution in [0.1, 0.15) is 146 Å². The molecule has 0 aromatic heterocycles. The first kappa shape index (κ1) is 37.5. The van der Waals surface area contributed by atoms with Gasteiger partial charge in [-0.2, -0.15) is 0 Å². The maximum Gasteiger partial charge on any atom is 0.0199 e. The lowest BCUT2D eigenvalue weighted by molar-refractivity contribution is -0.103. The zero-order chi connectivity index (χ0) is 37.0. The van der Waals surface area contributed by atoms with Gasteiger partial charge in [0.25, 0.3) is 0 Å². The molecule has 3 aromatic rings. The Morgan fingerprint density at radius 3 is 1.38 bits per heavy atom. The summed E-state index contributed by atoms with van der Waals surface area (Å²) >= 11 is 0. The minimum absolute atomic E-state index is 0.409. The van der Waals surface area contributed by atoms with Crippen molar-refractivity contribution in [2.75, 3.05) is 0 Å². The van der Waals surface area contributed by atoms with E-state index in [2.05, 4.69) is 128 Å². The Kier molecular flexibility index (Phi) is 9.38. The summed E-state index contributed by atoms with van der Waals surface area (Å²) in [5.74, 6) is 3.89. The van der Waals surface area contributed by atoms with Crippen molar-refractivity contribution < 1.29 is 0 Å². The topological polar surface area (TPSA) is 0 Å². The molecule has 8 aliphatic rings. The molecule has 3 heteroatoms. The van der Waals surface area contributed by atoms with Crippen LogP contribution < -0.4 is 10.6 Å². The van der Waals surface area contributed by atoms with E-state index in [4.69, 9.17) is 0 Å². The highest BCUT2D eigenvalue weighted by atomic mass is 31.1. The monoisotopic (exact) mass is 762 g/mol. The molecule has 0 saturated heterocycles. The van der Waals surface area contributed by atoms with Crippen LogP contribution in [0, 0.1) is 59.2 Å². The molecule has 8 saturated carbocycles. The molecule has 0 spiro atoms. The molecular weight excluding hydrogens is 693 g/mol. The Hall–Kier alpha value is -1.05. The minimum atomic E-state index is -0.515. The number of aryl methyl sites for hydroxylation is 2. The van der Waals surface area contributed by atoms with Crippen molar-refractivity contribution in [3.63, 3.8) is 0 Å². The highest BCUT2D eigenvalue weighted by molar-refractivity contribution is 7.72. The molecule has 8 bridgehead atoms. The van der Waals surface area contributed by atoms with Gasteiger partial charge in [-0.15, -0.1) is 17.2 Å². The van der Waals surface area contributed by atoms with E-state index in [1.165, 1.54) is 94.3 Å². The Labute approximate surface area is 329 Å². The lowest BCUT2D eigenvalue weighted by Gasteiger charge is -2.68. The van der Waals surface area contributed by atoms with Gasteiger partial charge in [-0.05, 0) is 187 Å². The van der Waals surface area contributed by atoms with Gasteiger partial charge in [-0.1, -0.05) is 114 Å². The van der Waals surface area contributed by atoms with Crippen LogP contribution >= 0.6 is 25.1 Å². The zero-order valence-electron chi connectivity index (χ0n) is 34.5. The summed E-state index contributed by atoms with van der Waals surface area (Å²) < 4.78 is 0. The van der Waals surface area contributed by atoms with Crippen LogP contribution in [0.4, 0.5) is 0 Å². The van der Waals surface area contributed by atoms with Crippen LogP contribution in [0.3, 0.4) is 0 Å². The number of benzene rings is 3. The molecule has 0 N–H and O–H groups in total. The molecule has 8 aliphatic carbocycles. The third-order valence-electron chi connectivity index (χ3n) is 16.7. The van der Waals surface area contributed by atoms with Gasteiger partial charge in [0.2, 0.25) is 0 Å². The van der Waals surface area contributed by atoms with Gasteiger partial charge in [-0.25, -0.2) is 0 Å². The highest BCUT2D eigenvalue weighted by Crippen LogP contribution is 2.78. The lowest BCUT2D eigenvalue weighted by Crippen LogP contribution is -2.58. The first-order valence-corrected chi connectivity index (χ1v) is 25.3. The van der Waals surface area contributed by atoms with Crippen molar-refractivity contribution in [1.82, 2.24) is 0 Å². The van der Waals surface area contributed by atoms with Crippen LogP contribution in [0.25, 0.3) is 0 Å². The van der Waals surface area contributed by atoms with Gasteiger partial charge in [-0.3, -0.25) is 0 Å². The average Bonchev–Trinajstić information content (AvgIpc) is 3.05. The smallest absolute Gasteiger partial charge is 0.0199 e. The first-order chi connectivity index (χ1) is 25.1. The van der Waals surface area contributed by atoms with Crippen LogP contribution in [-0.2, 0) is 6.16 Å². The van der Waals surface area contributed by atoms with Gasteiger partial charge in [0.1, 0.15) is 0 Å². The molecule has 8 fully saturated rings. The summed E-state index contributed by atoms with van der Waals surface area (Å²) in [4.78, 5) is 0. The van der Waals surface area contributed by atoms with E-state index in [0.29, 0.717) is 32.0 Å². The second-order valence-electron chi connectivity index (χ2n) is 22.1. The molecule has 11 rings (SSSR count). The van der Waals surface area contributed by atoms with E-state index in [0.717, 1.165) is 46.2 Å². The summed E-state index contributed by atoms with van der Waals surface area (Å²) in [6.45, 7) is 20.4. The standard InChI is InChI=1S/C50H69P3/c1-34-15-9-13-19-42(34)53(43-20-14-10-16-35(43)2)31-40-17-11-12-18-41(40)44(51-49-27-36-21-37(28-49)24-47(23-36,32-49)45(3,4)5)52-50-29-38-22-39(30-50)26-48(25-38,33-50)46(6,7)8/h9-20,36-39,44,51-52H,21-33H2,1-8H3. The first-order valence-electron chi connectivity index (χ1n) is 21.6. The largest absolute Gasteiger partial charge is 0.104 e. The van der Waals surface area contributed by atoms with Gasteiger partial charge >= 0.3 is 0 Å². The molecule has 6 atom stereocenters. The van der Waals surface area contributed by atoms with Crippen molar-refractivity contribution in [3.8, 4) is 0 Å². The summed E-state index contributed by atoms with van der Waals surface area (Å²) in [7, 11) is 1.65. The zero-order valence-corrected chi connectivity index (χ0v) is 37.3. The number of rotatable bonds is 9. The van der Waals surface area contributed by atoms with Gasteiger partial charge in [0.05, 0.1) is 0 Å². The Bertz CT molecular complexity index is 1700. The molecule has 284 valence electrons. The second kappa shape index (κ2) is 13.2. The van der Waals surface area contributed by atoms with Gasteiger partial charge in [0, 0.05) is 11.6 Å². The Balaban J connectivity index is 1.14. The summed E-state index contributed by atoms with van der Waals surface area (Å²) in [5, 5.41) is 4.99. The second-order valence-corrected chi connectivity index (χ2v) is 28.7. The van der Waals surface area contributed by atoms with E-state index in [9.17, 15) is 0 Å². The maximum absolute atomic E-state index is 2.67. The summed E-state index contributed by atoms with van der Waals surface area (Å²) in [6, 6.07) is 28.8. The molecule has 0 amide bonds. The molecular formula is C50H69P3. The number of hydrogen-bond donors (Lipinski definition) is 0. The van der Waals surface area contributed by atoms with Gasteiger partial charge < -0.3 is 0 Å². The molecule has 0 heterocycles. The van der Waals surface area contributed by atoms with Crippen molar-refractivity contribution in [3.05, 3.63) is 95.1 Å². The average molecular weight is 763 g/mol. The fourth-order valence-corrected chi connectivity index (χ4v) is 24.1.